The summed E-state index contributed by atoms with van der Waals surface area (Å²) in [5.41, 5.74) is 0.164. The lowest BCUT2D eigenvalue weighted by atomic mass is 9.93. The summed E-state index contributed by atoms with van der Waals surface area (Å²) in [6.07, 6.45) is 4.67. The van der Waals surface area contributed by atoms with Crippen LogP contribution in [0.25, 0.3) is 0 Å². The molecule has 19 heavy (non-hydrogen) atoms. The molecule has 1 aliphatic heterocycles. The van der Waals surface area contributed by atoms with Crippen molar-refractivity contribution in [2.45, 2.75) is 65.6 Å². The summed E-state index contributed by atoms with van der Waals surface area (Å²) in [5.74, 6) is 0.772. The molecule has 0 saturated carbocycles. The zero-order valence-corrected chi connectivity index (χ0v) is 13.7. The Bertz CT molecular complexity index is 408. The fourth-order valence-corrected chi connectivity index (χ4v) is 3.43. The van der Waals surface area contributed by atoms with Gasteiger partial charge in [0.15, 0.2) is 5.13 Å². The van der Waals surface area contributed by atoms with Crippen LogP contribution in [-0.2, 0) is 6.54 Å². The molecule has 1 aliphatic rings. The van der Waals surface area contributed by atoms with Crippen LogP contribution in [0, 0.1) is 5.92 Å². The van der Waals surface area contributed by atoms with Crippen LogP contribution in [0.3, 0.4) is 0 Å². The molecule has 4 heteroatoms. The Morgan fingerprint density at radius 1 is 1.42 bits per heavy atom. The predicted octanol–water partition coefficient (Wildman–Crippen LogP) is 3.66. The second kappa shape index (κ2) is 5.80. The van der Waals surface area contributed by atoms with Crippen molar-refractivity contribution in [3.8, 4) is 0 Å². The van der Waals surface area contributed by atoms with Gasteiger partial charge in [-0.15, -0.1) is 11.3 Å². The van der Waals surface area contributed by atoms with Gasteiger partial charge in [0.1, 0.15) is 0 Å². The van der Waals surface area contributed by atoms with E-state index < -0.39 is 0 Å². The smallest absolute Gasteiger partial charge is 0.185 e. The second-order valence-electron chi connectivity index (χ2n) is 6.77. The minimum atomic E-state index is 0.164. The molecular formula is C15H27N3S. The van der Waals surface area contributed by atoms with Crippen molar-refractivity contribution in [2.24, 2.45) is 5.92 Å². The van der Waals surface area contributed by atoms with E-state index in [1.54, 1.807) is 0 Å². The maximum atomic E-state index is 4.63. The summed E-state index contributed by atoms with van der Waals surface area (Å²) in [7, 11) is 0. The highest BCUT2D eigenvalue weighted by Crippen LogP contribution is 2.31. The van der Waals surface area contributed by atoms with E-state index >= 15 is 0 Å². The van der Waals surface area contributed by atoms with Gasteiger partial charge < -0.3 is 10.2 Å². The van der Waals surface area contributed by atoms with Crippen molar-refractivity contribution in [1.82, 2.24) is 10.3 Å². The van der Waals surface area contributed by atoms with Gasteiger partial charge in [0.2, 0.25) is 0 Å². The molecule has 1 aromatic rings. The van der Waals surface area contributed by atoms with Crippen LogP contribution in [0.1, 0.15) is 52.3 Å². The van der Waals surface area contributed by atoms with Gasteiger partial charge in [-0.2, -0.15) is 0 Å². The Hall–Kier alpha value is -0.610. The highest BCUT2D eigenvalue weighted by molar-refractivity contribution is 7.15. The van der Waals surface area contributed by atoms with E-state index in [1.807, 2.05) is 17.5 Å². The van der Waals surface area contributed by atoms with E-state index in [2.05, 4.69) is 49.8 Å². The number of anilines is 1. The molecular weight excluding hydrogens is 254 g/mol. The van der Waals surface area contributed by atoms with Gasteiger partial charge in [-0.1, -0.05) is 6.92 Å². The number of nitrogens with one attached hydrogen (secondary N) is 1. The molecule has 3 nitrogen and oxygen atoms in total. The maximum absolute atomic E-state index is 4.63. The van der Waals surface area contributed by atoms with Gasteiger partial charge >= 0.3 is 0 Å². The van der Waals surface area contributed by atoms with Crippen LogP contribution in [0.2, 0.25) is 0 Å². The van der Waals surface area contributed by atoms with Crippen molar-refractivity contribution in [2.75, 3.05) is 11.4 Å². The zero-order valence-electron chi connectivity index (χ0n) is 12.9. The number of aromatic nitrogens is 1. The van der Waals surface area contributed by atoms with Gasteiger partial charge in [-0.05, 0) is 46.5 Å². The summed E-state index contributed by atoms with van der Waals surface area (Å²) in [6.45, 7) is 13.4. The predicted molar refractivity (Wildman–Crippen MR) is 83.9 cm³/mol. The fourth-order valence-electron chi connectivity index (χ4n) is 2.47. The molecule has 0 spiro atoms. The number of rotatable bonds is 3. The van der Waals surface area contributed by atoms with E-state index in [9.17, 15) is 0 Å². The molecule has 1 aromatic heterocycles. The normalized spacial score (nSPS) is 24.8. The van der Waals surface area contributed by atoms with Gasteiger partial charge in [-0.3, -0.25) is 0 Å². The number of piperidine rings is 1. The third-order valence-electron chi connectivity index (χ3n) is 3.95. The van der Waals surface area contributed by atoms with Crippen LogP contribution < -0.4 is 10.2 Å². The molecule has 2 atom stereocenters. The topological polar surface area (TPSA) is 28.2 Å². The first-order valence-electron chi connectivity index (χ1n) is 7.33. The van der Waals surface area contributed by atoms with E-state index in [0.29, 0.717) is 6.04 Å². The highest BCUT2D eigenvalue weighted by Gasteiger charge is 2.26. The van der Waals surface area contributed by atoms with E-state index in [4.69, 9.17) is 0 Å². The van der Waals surface area contributed by atoms with Crippen LogP contribution in [0.15, 0.2) is 6.20 Å². The van der Waals surface area contributed by atoms with Gasteiger partial charge in [0, 0.05) is 35.7 Å². The lowest BCUT2D eigenvalue weighted by Gasteiger charge is -2.37. The molecule has 0 amide bonds. The van der Waals surface area contributed by atoms with Crippen molar-refractivity contribution in [1.29, 1.82) is 0 Å². The lowest BCUT2D eigenvalue weighted by Crippen LogP contribution is -2.42. The Morgan fingerprint density at radius 2 is 2.16 bits per heavy atom. The molecule has 1 saturated heterocycles. The Labute approximate surface area is 121 Å². The van der Waals surface area contributed by atoms with Crippen molar-refractivity contribution in [3.05, 3.63) is 11.1 Å². The lowest BCUT2D eigenvalue weighted by molar-refractivity contribution is 0.363. The molecule has 0 bridgehead atoms. The van der Waals surface area contributed by atoms with Crippen molar-refractivity contribution in [3.63, 3.8) is 0 Å². The van der Waals surface area contributed by atoms with Crippen molar-refractivity contribution >= 4 is 16.5 Å². The Kier molecular flexibility index (Phi) is 4.51. The molecule has 1 N–H and O–H groups in total. The molecule has 1 fully saturated rings. The highest BCUT2D eigenvalue weighted by atomic mass is 32.1. The summed E-state index contributed by atoms with van der Waals surface area (Å²) in [5, 5.41) is 4.73. The third-order valence-corrected chi connectivity index (χ3v) is 4.99. The monoisotopic (exact) mass is 281 g/mol. The summed E-state index contributed by atoms with van der Waals surface area (Å²) in [6, 6.07) is 0.614. The largest absolute Gasteiger partial charge is 0.345 e. The van der Waals surface area contributed by atoms with Gasteiger partial charge in [0.25, 0.3) is 0 Å². The molecule has 0 radical (unpaired) electrons. The SMILES string of the molecule is CC1CCCN(c2ncc(CNC(C)(C)C)s2)C1C. The molecule has 2 heterocycles. The van der Waals surface area contributed by atoms with Crippen LogP contribution in [-0.4, -0.2) is 23.1 Å². The van der Waals surface area contributed by atoms with E-state index in [-0.39, 0.29) is 5.54 Å². The van der Waals surface area contributed by atoms with Crippen molar-refractivity contribution < 1.29 is 0 Å². The summed E-state index contributed by atoms with van der Waals surface area (Å²) in [4.78, 5) is 8.44. The van der Waals surface area contributed by atoms with Crippen LogP contribution in [0.4, 0.5) is 5.13 Å². The fraction of sp³-hybridized carbons (Fsp3) is 0.800. The number of nitrogens with zero attached hydrogens (tertiary/aromatic N) is 2. The zero-order chi connectivity index (χ0) is 14.0. The van der Waals surface area contributed by atoms with E-state index in [0.717, 1.165) is 19.0 Å². The molecule has 2 rings (SSSR count). The first kappa shape index (κ1) is 14.8. The second-order valence-corrected chi connectivity index (χ2v) is 7.86. The standard InChI is InChI=1S/C15H27N3S/c1-11-7-6-8-18(12(11)2)14-16-9-13(19-14)10-17-15(3,4)5/h9,11-12,17H,6-8,10H2,1-5H3. The molecule has 2 unspecified atom stereocenters. The third kappa shape index (κ3) is 3.93. The molecule has 0 aromatic carbocycles. The van der Waals surface area contributed by atoms with Gasteiger partial charge in [-0.25, -0.2) is 4.98 Å². The quantitative estimate of drug-likeness (QED) is 0.916. The number of hydrogen-bond donors (Lipinski definition) is 1. The summed E-state index contributed by atoms with van der Waals surface area (Å²) < 4.78 is 0. The maximum Gasteiger partial charge on any atom is 0.185 e. The molecule has 108 valence electrons. The average Bonchev–Trinajstić information content (AvgIpc) is 2.78. The first-order chi connectivity index (χ1) is 8.87. The van der Waals surface area contributed by atoms with Gasteiger partial charge in [0.05, 0.1) is 0 Å². The first-order valence-corrected chi connectivity index (χ1v) is 8.15. The number of thiazole rings is 1. The van der Waals surface area contributed by atoms with E-state index in [1.165, 1.54) is 22.9 Å². The minimum absolute atomic E-state index is 0.164. The minimum Gasteiger partial charge on any atom is -0.345 e. The van der Waals surface area contributed by atoms with Crippen LogP contribution in [0.5, 0.6) is 0 Å². The summed E-state index contributed by atoms with van der Waals surface area (Å²) >= 11 is 1.84. The Balaban J connectivity index is 2.00. The van der Waals surface area contributed by atoms with Crippen LogP contribution >= 0.6 is 11.3 Å². The Morgan fingerprint density at radius 3 is 2.84 bits per heavy atom. The average molecular weight is 281 g/mol. The molecule has 0 aliphatic carbocycles. The number of hydrogen-bond acceptors (Lipinski definition) is 4.